The van der Waals surface area contributed by atoms with Crippen molar-refractivity contribution in [2.75, 3.05) is 12.4 Å². The van der Waals surface area contributed by atoms with Crippen LogP contribution >= 0.6 is 0 Å². The minimum Gasteiger partial charge on any atom is -0.506 e. The second-order valence-corrected chi connectivity index (χ2v) is 5.06. The van der Waals surface area contributed by atoms with Crippen molar-refractivity contribution in [1.29, 1.82) is 0 Å². The third kappa shape index (κ3) is 3.75. The standard InChI is InChI=1S/C17H19NO3/c1-11-5-7-16(21-3)13(8-11)10-17(20)18-14-6-4-12(2)9-15(14)19/h4-9,19H,10H2,1-3H3,(H,18,20). The quantitative estimate of drug-likeness (QED) is 0.848. The molecule has 0 saturated heterocycles. The molecule has 2 aromatic rings. The summed E-state index contributed by atoms with van der Waals surface area (Å²) in [5, 5.41) is 12.5. The number of hydrogen-bond acceptors (Lipinski definition) is 3. The Morgan fingerprint density at radius 1 is 1.14 bits per heavy atom. The Balaban J connectivity index is 2.13. The number of phenolic OH excluding ortho intramolecular Hbond substituents is 1. The number of nitrogens with one attached hydrogen (secondary N) is 1. The largest absolute Gasteiger partial charge is 0.506 e. The second-order valence-electron chi connectivity index (χ2n) is 5.06. The zero-order valence-corrected chi connectivity index (χ0v) is 12.4. The highest BCUT2D eigenvalue weighted by Gasteiger charge is 2.11. The van der Waals surface area contributed by atoms with Gasteiger partial charge in [-0.25, -0.2) is 0 Å². The number of amides is 1. The molecule has 0 saturated carbocycles. The number of phenols is 1. The van der Waals surface area contributed by atoms with E-state index in [0.29, 0.717) is 11.4 Å². The van der Waals surface area contributed by atoms with Crippen molar-refractivity contribution in [2.24, 2.45) is 0 Å². The van der Waals surface area contributed by atoms with Gasteiger partial charge in [0.1, 0.15) is 11.5 Å². The molecule has 0 aromatic heterocycles. The van der Waals surface area contributed by atoms with Crippen molar-refractivity contribution in [3.8, 4) is 11.5 Å². The fourth-order valence-electron chi connectivity index (χ4n) is 2.16. The zero-order valence-electron chi connectivity index (χ0n) is 12.4. The van der Waals surface area contributed by atoms with Gasteiger partial charge >= 0.3 is 0 Å². The summed E-state index contributed by atoms with van der Waals surface area (Å²) < 4.78 is 5.26. The van der Waals surface area contributed by atoms with Gasteiger partial charge in [-0.05, 0) is 37.6 Å². The first-order valence-electron chi connectivity index (χ1n) is 6.72. The third-order valence-electron chi connectivity index (χ3n) is 3.21. The summed E-state index contributed by atoms with van der Waals surface area (Å²) in [7, 11) is 1.58. The van der Waals surface area contributed by atoms with Gasteiger partial charge in [0.25, 0.3) is 0 Å². The normalized spacial score (nSPS) is 10.2. The van der Waals surface area contributed by atoms with Crippen LogP contribution in [0.25, 0.3) is 0 Å². The van der Waals surface area contributed by atoms with Crippen LogP contribution in [0.5, 0.6) is 11.5 Å². The summed E-state index contributed by atoms with van der Waals surface area (Å²) in [6.07, 6.45) is 0.193. The molecule has 4 heteroatoms. The molecule has 21 heavy (non-hydrogen) atoms. The SMILES string of the molecule is COc1ccc(C)cc1CC(=O)Nc1ccc(C)cc1O. The summed E-state index contributed by atoms with van der Waals surface area (Å²) in [5.74, 6) is 0.557. The number of aryl methyl sites for hydroxylation is 2. The number of benzene rings is 2. The Hall–Kier alpha value is -2.49. The van der Waals surface area contributed by atoms with E-state index in [-0.39, 0.29) is 18.1 Å². The highest BCUT2D eigenvalue weighted by atomic mass is 16.5. The maximum atomic E-state index is 12.1. The van der Waals surface area contributed by atoms with Crippen LogP contribution < -0.4 is 10.1 Å². The van der Waals surface area contributed by atoms with Crippen LogP contribution in [0, 0.1) is 13.8 Å². The van der Waals surface area contributed by atoms with E-state index < -0.39 is 0 Å². The minimum atomic E-state index is -0.196. The first-order chi connectivity index (χ1) is 9.99. The second kappa shape index (κ2) is 6.31. The molecule has 0 aliphatic rings. The van der Waals surface area contributed by atoms with Gasteiger partial charge in [-0.2, -0.15) is 0 Å². The number of methoxy groups -OCH3 is 1. The summed E-state index contributed by atoms with van der Waals surface area (Å²) in [4.78, 5) is 12.1. The number of anilines is 1. The number of carbonyl (C=O) groups excluding carboxylic acids is 1. The summed E-state index contributed by atoms with van der Waals surface area (Å²) in [6, 6.07) is 10.8. The van der Waals surface area contributed by atoms with E-state index in [1.54, 1.807) is 19.2 Å². The zero-order chi connectivity index (χ0) is 15.4. The predicted octanol–water partition coefficient (Wildman–Crippen LogP) is 3.20. The van der Waals surface area contributed by atoms with Crippen molar-refractivity contribution in [2.45, 2.75) is 20.3 Å². The van der Waals surface area contributed by atoms with Crippen molar-refractivity contribution in [3.63, 3.8) is 0 Å². The molecule has 4 nitrogen and oxygen atoms in total. The molecule has 2 rings (SSSR count). The van der Waals surface area contributed by atoms with Crippen LogP contribution in [-0.2, 0) is 11.2 Å². The van der Waals surface area contributed by atoms with E-state index in [1.165, 1.54) is 0 Å². The van der Waals surface area contributed by atoms with Gasteiger partial charge in [-0.15, -0.1) is 0 Å². The van der Waals surface area contributed by atoms with Crippen molar-refractivity contribution in [3.05, 3.63) is 53.1 Å². The molecule has 0 heterocycles. The van der Waals surface area contributed by atoms with E-state index in [0.717, 1.165) is 16.7 Å². The lowest BCUT2D eigenvalue weighted by molar-refractivity contribution is -0.115. The van der Waals surface area contributed by atoms with Crippen LogP contribution in [-0.4, -0.2) is 18.1 Å². The highest BCUT2D eigenvalue weighted by Crippen LogP contribution is 2.25. The van der Waals surface area contributed by atoms with Crippen LogP contribution in [0.3, 0.4) is 0 Å². The van der Waals surface area contributed by atoms with E-state index >= 15 is 0 Å². The Bertz CT molecular complexity index is 665. The Labute approximate surface area is 124 Å². The lowest BCUT2D eigenvalue weighted by Crippen LogP contribution is -2.15. The smallest absolute Gasteiger partial charge is 0.229 e. The van der Waals surface area contributed by atoms with Gasteiger partial charge in [-0.3, -0.25) is 4.79 Å². The topological polar surface area (TPSA) is 58.6 Å². The molecule has 0 radical (unpaired) electrons. The van der Waals surface area contributed by atoms with Gasteiger partial charge in [0.05, 0.1) is 19.2 Å². The van der Waals surface area contributed by atoms with E-state index in [2.05, 4.69) is 5.32 Å². The van der Waals surface area contributed by atoms with Gasteiger partial charge in [0.15, 0.2) is 0 Å². The fraction of sp³-hybridized carbons (Fsp3) is 0.235. The maximum absolute atomic E-state index is 12.1. The molecule has 1 amide bonds. The predicted molar refractivity (Wildman–Crippen MR) is 82.9 cm³/mol. The molecule has 0 bridgehead atoms. The summed E-state index contributed by atoms with van der Waals surface area (Å²) in [5.41, 5.74) is 3.24. The molecule has 110 valence electrons. The molecule has 0 spiro atoms. The van der Waals surface area contributed by atoms with Crippen LogP contribution in [0.1, 0.15) is 16.7 Å². The maximum Gasteiger partial charge on any atom is 0.229 e. The van der Waals surface area contributed by atoms with Crippen molar-refractivity contribution >= 4 is 11.6 Å². The number of aromatic hydroxyl groups is 1. The van der Waals surface area contributed by atoms with E-state index in [9.17, 15) is 9.90 Å². The monoisotopic (exact) mass is 285 g/mol. The Morgan fingerprint density at radius 2 is 1.81 bits per heavy atom. The summed E-state index contributed by atoms with van der Waals surface area (Å²) in [6.45, 7) is 3.84. The molecule has 2 aromatic carbocycles. The number of carbonyl (C=O) groups is 1. The minimum absolute atomic E-state index is 0.0690. The van der Waals surface area contributed by atoms with Gasteiger partial charge < -0.3 is 15.2 Å². The lowest BCUT2D eigenvalue weighted by atomic mass is 10.1. The fourth-order valence-corrected chi connectivity index (χ4v) is 2.16. The van der Waals surface area contributed by atoms with E-state index in [4.69, 9.17) is 4.74 Å². The summed E-state index contributed by atoms with van der Waals surface area (Å²) >= 11 is 0. The van der Waals surface area contributed by atoms with Gasteiger partial charge in [0.2, 0.25) is 5.91 Å². The lowest BCUT2D eigenvalue weighted by Gasteiger charge is -2.11. The number of ether oxygens (including phenoxy) is 1. The molecule has 0 unspecified atom stereocenters. The van der Waals surface area contributed by atoms with Gasteiger partial charge in [-0.1, -0.05) is 23.8 Å². The molecular weight excluding hydrogens is 266 g/mol. The first-order valence-corrected chi connectivity index (χ1v) is 6.72. The molecular formula is C17H19NO3. The van der Waals surface area contributed by atoms with Crippen molar-refractivity contribution < 1.29 is 14.6 Å². The number of hydrogen-bond donors (Lipinski definition) is 2. The first kappa shape index (κ1) is 14.9. The highest BCUT2D eigenvalue weighted by molar-refractivity contribution is 5.94. The van der Waals surface area contributed by atoms with Gasteiger partial charge in [0, 0.05) is 5.56 Å². The van der Waals surface area contributed by atoms with Crippen molar-refractivity contribution in [1.82, 2.24) is 0 Å². The molecule has 0 fully saturated rings. The Morgan fingerprint density at radius 3 is 2.48 bits per heavy atom. The van der Waals surface area contributed by atoms with Crippen LogP contribution in [0.2, 0.25) is 0 Å². The third-order valence-corrected chi connectivity index (χ3v) is 3.21. The molecule has 0 aliphatic carbocycles. The average Bonchev–Trinajstić information content (AvgIpc) is 2.42. The molecule has 2 N–H and O–H groups in total. The molecule has 0 atom stereocenters. The molecule has 0 aliphatic heterocycles. The Kier molecular flexibility index (Phi) is 4.48. The van der Waals surface area contributed by atoms with E-state index in [1.807, 2.05) is 38.1 Å². The number of rotatable bonds is 4. The average molecular weight is 285 g/mol. The van der Waals surface area contributed by atoms with Crippen LogP contribution in [0.15, 0.2) is 36.4 Å². The van der Waals surface area contributed by atoms with Crippen LogP contribution in [0.4, 0.5) is 5.69 Å².